The SMILES string of the molecule is O=C(O)CCc1cccc(CNC(=O)N2CCS(=O)(=O)CC2)c1. The van der Waals surface area contributed by atoms with Crippen LogP contribution in [0.5, 0.6) is 0 Å². The fourth-order valence-electron chi connectivity index (χ4n) is 2.35. The molecule has 0 bridgehead atoms. The molecule has 1 fully saturated rings. The lowest BCUT2D eigenvalue weighted by Crippen LogP contribution is -2.47. The van der Waals surface area contributed by atoms with E-state index in [1.54, 1.807) is 0 Å². The van der Waals surface area contributed by atoms with Crippen molar-refractivity contribution in [2.75, 3.05) is 24.6 Å². The zero-order valence-corrected chi connectivity index (χ0v) is 13.5. The van der Waals surface area contributed by atoms with Gasteiger partial charge in [0, 0.05) is 26.1 Å². The molecule has 0 saturated carbocycles. The second-order valence-electron chi connectivity index (χ2n) is 5.51. The van der Waals surface area contributed by atoms with Crippen molar-refractivity contribution in [2.45, 2.75) is 19.4 Å². The number of urea groups is 1. The minimum absolute atomic E-state index is 0.00505. The van der Waals surface area contributed by atoms with Crippen molar-refractivity contribution in [1.29, 1.82) is 0 Å². The smallest absolute Gasteiger partial charge is 0.317 e. The normalized spacial score (nSPS) is 16.8. The lowest BCUT2D eigenvalue weighted by atomic mass is 10.1. The number of rotatable bonds is 5. The van der Waals surface area contributed by atoms with Crippen molar-refractivity contribution < 1.29 is 23.1 Å². The number of carboxylic acid groups (broad SMARTS) is 1. The topological polar surface area (TPSA) is 104 Å². The van der Waals surface area contributed by atoms with Crippen LogP contribution in [0.4, 0.5) is 4.79 Å². The molecule has 1 aromatic carbocycles. The van der Waals surface area contributed by atoms with Crippen LogP contribution in [0.15, 0.2) is 24.3 Å². The Morgan fingerprint density at radius 1 is 1.17 bits per heavy atom. The summed E-state index contributed by atoms with van der Waals surface area (Å²) in [7, 11) is -3.00. The number of hydrogen-bond donors (Lipinski definition) is 2. The Hall–Kier alpha value is -2.09. The molecule has 2 N–H and O–H groups in total. The summed E-state index contributed by atoms with van der Waals surface area (Å²) in [5, 5.41) is 11.5. The van der Waals surface area contributed by atoms with E-state index in [1.807, 2.05) is 24.3 Å². The van der Waals surface area contributed by atoms with E-state index >= 15 is 0 Å². The van der Waals surface area contributed by atoms with Crippen LogP contribution in [-0.2, 0) is 27.6 Å². The van der Waals surface area contributed by atoms with Crippen molar-refractivity contribution in [3.05, 3.63) is 35.4 Å². The molecule has 2 rings (SSSR count). The fourth-order valence-corrected chi connectivity index (χ4v) is 3.55. The Bertz CT molecular complexity index is 673. The lowest BCUT2D eigenvalue weighted by molar-refractivity contribution is -0.136. The molecule has 0 aliphatic carbocycles. The largest absolute Gasteiger partial charge is 0.481 e. The summed E-state index contributed by atoms with van der Waals surface area (Å²) in [6, 6.07) is 7.11. The Balaban J connectivity index is 1.84. The van der Waals surface area contributed by atoms with E-state index in [1.165, 1.54) is 4.90 Å². The molecular weight excluding hydrogens is 320 g/mol. The van der Waals surface area contributed by atoms with E-state index < -0.39 is 15.8 Å². The van der Waals surface area contributed by atoms with Crippen molar-refractivity contribution in [1.82, 2.24) is 10.2 Å². The maximum absolute atomic E-state index is 12.0. The number of amides is 2. The highest BCUT2D eigenvalue weighted by atomic mass is 32.2. The minimum atomic E-state index is -3.00. The first-order valence-electron chi connectivity index (χ1n) is 7.38. The second-order valence-corrected chi connectivity index (χ2v) is 7.81. The summed E-state index contributed by atoms with van der Waals surface area (Å²) in [5.41, 5.74) is 1.79. The molecule has 1 heterocycles. The van der Waals surface area contributed by atoms with Gasteiger partial charge in [0.25, 0.3) is 0 Å². The Labute approximate surface area is 135 Å². The highest BCUT2D eigenvalue weighted by molar-refractivity contribution is 7.91. The summed E-state index contributed by atoms with van der Waals surface area (Å²) in [6.45, 7) is 0.753. The Morgan fingerprint density at radius 2 is 1.83 bits per heavy atom. The van der Waals surface area contributed by atoms with Gasteiger partial charge < -0.3 is 15.3 Å². The van der Waals surface area contributed by atoms with Crippen LogP contribution >= 0.6 is 0 Å². The number of carbonyl (C=O) groups is 2. The number of aryl methyl sites for hydroxylation is 1. The maximum Gasteiger partial charge on any atom is 0.317 e. The molecule has 1 aliphatic rings. The molecule has 0 atom stereocenters. The van der Waals surface area contributed by atoms with Gasteiger partial charge in [-0.1, -0.05) is 24.3 Å². The number of aliphatic carboxylic acids is 1. The molecule has 1 aliphatic heterocycles. The van der Waals surface area contributed by atoms with Gasteiger partial charge in [0.15, 0.2) is 9.84 Å². The molecule has 1 aromatic rings. The number of nitrogens with one attached hydrogen (secondary N) is 1. The average Bonchev–Trinajstić information content (AvgIpc) is 2.51. The highest BCUT2D eigenvalue weighted by Crippen LogP contribution is 2.09. The first-order valence-corrected chi connectivity index (χ1v) is 9.21. The van der Waals surface area contributed by atoms with E-state index in [0.29, 0.717) is 13.0 Å². The Kier molecular flexibility index (Phi) is 5.59. The van der Waals surface area contributed by atoms with E-state index in [4.69, 9.17) is 5.11 Å². The van der Waals surface area contributed by atoms with Gasteiger partial charge in [0.2, 0.25) is 0 Å². The van der Waals surface area contributed by atoms with E-state index in [0.717, 1.165) is 11.1 Å². The number of sulfone groups is 1. The first-order chi connectivity index (χ1) is 10.9. The van der Waals surface area contributed by atoms with E-state index in [2.05, 4.69) is 5.32 Å². The van der Waals surface area contributed by atoms with E-state index in [-0.39, 0.29) is 37.0 Å². The molecule has 0 unspecified atom stereocenters. The molecule has 1 saturated heterocycles. The molecule has 2 amide bonds. The van der Waals surface area contributed by atoms with Gasteiger partial charge in [0.1, 0.15) is 0 Å². The fraction of sp³-hybridized carbons (Fsp3) is 0.467. The number of benzene rings is 1. The molecule has 0 radical (unpaired) electrons. The molecule has 8 heteroatoms. The molecule has 7 nitrogen and oxygen atoms in total. The minimum Gasteiger partial charge on any atom is -0.481 e. The third kappa shape index (κ3) is 5.55. The number of nitrogens with zero attached hydrogens (tertiary/aromatic N) is 1. The van der Waals surface area contributed by atoms with Crippen LogP contribution in [0.25, 0.3) is 0 Å². The molecule has 0 aromatic heterocycles. The maximum atomic E-state index is 12.0. The van der Waals surface area contributed by atoms with Crippen molar-refractivity contribution in [3.63, 3.8) is 0 Å². The van der Waals surface area contributed by atoms with Crippen LogP contribution in [0.2, 0.25) is 0 Å². The number of carboxylic acids is 1. The van der Waals surface area contributed by atoms with Crippen LogP contribution in [0.1, 0.15) is 17.5 Å². The van der Waals surface area contributed by atoms with Crippen molar-refractivity contribution >= 4 is 21.8 Å². The lowest BCUT2D eigenvalue weighted by Gasteiger charge is -2.26. The molecule has 126 valence electrons. The van der Waals surface area contributed by atoms with Crippen LogP contribution < -0.4 is 5.32 Å². The molecule has 23 heavy (non-hydrogen) atoms. The summed E-state index contributed by atoms with van der Waals surface area (Å²) in [5.74, 6) is -0.834. The third-order valence-corrected chi connectivity index (χ3v) is 5.30. The molecular formula is C15H20N2O5S. The van der Waals surface area contributed by atoms with Gasteiger partial charge in [-0.2, -0.15) is 0 Å². The predicted molar refractivity (Wildman–Crippen MR) is 84.9 cm³/mol. The monoisotopic (exact) mass is 340 g/mol. The average molecular weight is 340 g/mol. The van der Waals surface area contributed by atoms with Crippen molar-refractivity contribution in [2.24, 2.45) is 0 Å². The van der Waals surface area contributed by atoms with Gasteiger partial charge in [-0.25, -0.2) is 13.2 Å². The van der Waals surface area contributed by atoms with Gasteiger partial charge in [0.05, 0.1) is 11.5 Å². The number of hydrogen-bond acceptors (Lipinski definition) is 4. The molecule has 0 spiro atoms. The van der Waals surface area contributed by atoms with Gasteiger partial charge in [-0.05, 0) is 17.5 Å². The summed E-state index contributed by atoms with van der Waals surface area (Å²) < 4.78 is 22.7. The third-order valence-electron chi connectivity index (χ3n) is 3.69. The first kappa shape index (κ1) is 17.3. The number of carbonyl (C=O) groups excluding carboxylic acids is 1. The van der Waals surface area contributed by atoms with Crippen LogP contribution in [-0.4, -0.2) is 55.0 Å². The zero-order chi connectivity index (χ0) is 16.9. The summed E-state index contributed by atoms with van der Waals surface area (Å²) in [6.07, 6.45) is 0.513. The van der Waals surface area contributed by atoms with Gasteiger partial charge in [-0.15, -0.1) is 0 Å². The summed E-state index contributed by atoms with van der Waals surface area (Å²) in [4.78, 5) is 24.1. The second kappa shape index (κ2) is 7.45. The standard InChI is InChI=1S/C15H20N2O5S/c18-14(19)5-4-12-2-1-3-13(10-12)11-16-15(20)17-6-8-23(21,22)9-7-17/h1-3,10H,4-9,11H2,(H,16,20)(H,18,19). The Morgan fingerprint density at radius 3 is 2.48 bits per heavy atom. The van der Waals surface area contributed by atoms with Crippen LogP contribution in [0.3, 0.4) is 0 Å². The van der Waals surface area contributed by atoms with Crippen LogP contribution in [0, 0.1) is 0 Å². The van der Waals surface area contributed by atoms with E-state index in [9.17, 15) is 18.0 Å². The predicted octanol–water partition coefficient (Wildman–Crippen LogP) is 0.644. The zero-order valence-electron chi connectivity index (χ0n) is 12.7. The van der Waals surface area contributed by atoms with Gasteiger partial charge in [-0.3, -0.25) is 4.79 Å². The van der Waals surface area contributed by atoms with Gasteiger partial charge >= 0.3 is 12.0 Å². The highest BCUT2D eigenvalue weighted by Gasteiger charge is 2.24. The van der Waals surface area contributed by atoms with Crippen molar-refractivity contribution in [3.8, 4) is 0 Å². The summed E-state index contributed by atoms with van der Waals surface area (Å²) >= 11 is 0. The quantitative estimate of drug-likeness (QED) is 0.819.